The van der Waals surface area contributed by atoms with Crippen molar-refractivity contribution in [1.82, 2.24) is 10.2 Å². The highest BCUT2D eigenvalue weighted by Gasteiger charge is 2.49. The van der Waals surface area contributed by atoms with E-state index in [1.165, 1.54) is 16.7 Å². The lowest BCUT2D eigenvalue weighted by molar-refractivity contribution is -0.132. The number of Topliss-reactive ketones (excluding diaryl/α,β-unsaturated/α-hetero) is 1. The van der Waals surface area contributed by atoms with Crippen molar-refractivity contribution in [2.75, 3.05) is 4.90 Å². The minimum Gasteiger partial charge on any atom is -0.507 e. The first-order chi connectivity index (χ1) is 21.7. The van der Waals surface area contributed by atoms with Gasteiger partial charge in [-0.2, -0.15) is 0 Å². The van der Waals surface area contributed by atoms with Gasteiger partial charge in [-0.15, -0.1) is 10.2 Å². The zero-order valence-corrected chi connectivity index (χ0v) is 27.1. The summed E-state index contributed by atoms with van der Waals surface area (Å²) in [6.07, 6.45) is 0. The van der Waals surface area contributed by atoms with Gasteiger partial charge in [0.25, 0.3) is 5.78 Å². The van der Waals surface area contributed by atoms with Crippen LogP contribution < -0.4 is 9.64 Å². The lowest BCUT2D eigenvalue weighted by atomic mass is 9.99. The molecule has 1 aliphatic heterocycles. The van der Waals surface area contributed by atoms with Crippen molar-refractivity contribution in [3.05, 3.63) is 128 Å². The molecule has 1 fully saturated rings. The Kier molecular flexibility index (Phi) is 9.00. The van der Waals surface area contributed by atoms with Crippen molar-refractivity contribution in [2.24, 2.45) is 0 Å². The third-order valence-electron chi connectivity index (χ3n) is 7.23. The molecule has 1 saturated heterocycles. The standard InChI is InChI=1S/C33H25Cl2N3O5S2/c1-18-5-3-4-6-21(18)16-42-24-12-9-20(10-13-24)29(39)27-28(26-14-7-19(2)43-26)38(31(41)30(27)40)32-36-37-33(45-32)44-17-22-8-11-23(34)15-25(22)35/h3-15,28,39H,16-17H2,1-2H3. The Morgan fingerprint density at radius 1 is 1.00 bits per heavy atom. The highest BCUT2D eigenvalue weighted by Crippen LogP contribution is 2.44. The SMILES string of the molecule is Cc1ccc(C2C(=C(O)c3ccc(OCc4ccccc4C)cc3)C(=O)C(=O)N2c2nnc(SCc3ccc(Cl)cc3Cl)s2)o1. The average Bonchev–Trinajstić information content (AvgIpc) is 3.74. The predicted molar refractivity (Wildman–Crippen MR) is 176 cm³/mol. The van der Waals surface area contributed by atoms with Gasteiger partial charge in [-0.1, -0.05) is 76.6 Å². The number of halogens is 2. The minimum absolute atomic E-state index is 0.111. The number of anilines is 1. The van der Waals surface area contributed by atoms with Crippen molar-refractivity contribution < 1.29 is 23.8 Å². The number of aryl methyl sites for hydroxylation is 2. The van der Waals surface area contributed by atoms with E-state index in [2.05, 4.69) is 10.2 Å². The molecule has 5 aromatic rings. The summed E-state index contributed by atoms with van der Waals surface area (Å²) in [5.41, 5.74) is 3.28. The summed E-state index contributed by atoms with van der Waals surface area (Å²) in [7, 11) is 0. The van der Waals surface area contributed by atoms with Gasteiger partial charge in [0, 0.05) is 21.4 Å². The van der Waals surface area contributed by atoms with Crippen LogP contribution in [0.4, 0.5) is 5.13 Å². The van der Waals surface area contributed by atoms with E-state index in [1.807, 2.05) is 37.3 Å². The molecule has 45 heavy (non-hydrogen) atoms. The topological polar surface area (TPSA) is 106 Å². The number of hydrogen-bond acceptors (Lipinski definition) is 9. The summed E-state index contributed by atoms with van der Waals surface area (Å²) >= 11 is 14.9. The van der Waals surface area contributed by atoms with Gasteiger partial charge in [0.05, 0.1) is 5.57 Å². The van der Waals surface area contributed by atoms with Gasteiger partial charge in [-0.3, -0.25) is 14.5 Å². The maximum absolute atomic E-state index is 13.5. The van der Waals surface area contributed by atoms with Crippen LogP contribution in [0.5, 0.6) is 5.75 Å². The molecule has 1 aliphatic rings. The molecular weight excluding hydrogens is 653 g/mol. The number of carbonyl (C=O) groups is 2. The van der Waals surface area contributed by atoms with E-state index in [-0.39, 0.29) is 16.5 Å². The number of aromatic nitrogens is 2. The number of benzene rings is 3. The highest BCUT2D eigenvalue weighted by molar-refractivity contribution is 8.00. The third-order valence-corrected chi connectivity index (χ3v) is 9.92. The van der Waals surface area contributed by atoms with Crippen LogP contribution in [-0.2, 0) is 21.9 Å². The van der Waals surface area contributed by atoms with Gasteiger partial charge >= 0.3 is 5.91 Å². The lowest BCUT2D eigenvalue weighted by Crippen LogP contribution is -2.29. The molecule has 3 heterocycles. The molecule has 1 atom stereocenters. The molecule has 0 spiro atoms. The smallest absolute Gasteiger partial charge is 0.302 e. The van der Waals surface area contributed by atoms with Crippen molar-refractivity contribution in [3.8, 4) is 5.75 Å². The average molecular weight is 679 g/mol. The van der Waals surface area contributed by atoms with E-state index in [1.54, 1.807) is 55.5 Å². The van der Waals surface area contributed by atoms with Crippen LogP contribution >= 0.6 is 46.3 Å². The number of hydrogen-bond donors (Lipinski definition) is 1. The van der Waals surface area contributed by atoms with E-state index >= 15 is 0 Å². The Morgan fingerprint density at radius 3 is 2.49 bits per heavy atom. The molecule has 6 rings (SSSR count). The zero-order chi connectivity index (χ0) is 31.7. The summed E-state index contributed by atoms with van der Waals surface area (Å²) in [4.78, 5) is 28.2. The molecule has 0 saturated carbocycles. The maximum atomic E-state index is 13.5. The molecule has 8 nitrogen and oxygen atoms in total. The first-order valence-corrected chi connectivity index (χ1v) is 16.3. The van der Waals surface area contributed by atoms with Crippen LogP contribution in [0.3, 0.4) is 0 Å². The summed E-state index contributed by atoms with van der Waals surface area (Å²) in [5, 5.41) is 21.2. The van der Waals surface area contributed by atoms with E-state index in [9.17, 15) is 14.7 Å². The number of ether oxygens (including phenoxy) is 1. The molecule has 0 aliphatic carbocycles. The molecule has 0 radical (unpaired) electrons. The quantitative estimate of drug-likeness (QED) is 0.0544. The van der Waals surface area contributed by atoms with Crippen LogP contribution in [0.15, 0.2) is 93.2 Å². The van der Waals surface area contributed by atoms with Crippen molar-refractivity contribution >= 4 is 68.9 Å². The molecule has 12 heteroatoms. The Labute approximate surface area is 277 Å². The lowest BCUT2D eigenvalue weighted by Gasteiger charge is -2.20. The van der Waals surface area contributed by atoms with Gasteiger partial charge in [-0.25, -0.2) is 0 Å². The fraction of sp³-hybridized carbons (Fsp3) is 0.152. The first-order valence-electron chi connectivity index (χ1n) is 13.7. The normalized spacial score (nSPS) is 16.0. The van der Waals surface area contributed by atoms with E-state index in [4.69, 9.17) is 32.4 Å². The fourth-order valence-corrected chi connectivity index (χ4v) is 7.26. The van der Waals surface area contributed by atoms with Crippen LogP contribution in [0.2, 0.25) is 10.0 Å². The van der Waals surface area contributed by atoms with E-state index in [0.717, 1.165) is 28.0 Å². The Hall–Kier alpha value is -4.09. The summed E-state index contributed by atoms with van der Waals surface area (Å²) in [6.45, 7) is 4.16. The van der Waals surface area contributed by atoms with E-state index < -0.39 is 17.7 Å². The van der Waals surface area contributed by atoms with Gasteiger partial charge < -0.3 is 14.3 Å². The largest absolute Gasteiger partial charge is 0.507 e. The zero-order valence-electron chi connectivity index (χ0n) is 24.0. The summed E-state index contributed by atoms with van der Waals surface area (Å²) in [5.74, 6) is -0.0625. The first kappa shape index (κ1) is 30.9. The van der Waals surface area contributed by atoms with Crippen LogP contribution in [0.25, 0.3) is 5.76 Å². The van der Waals surface area contributed by atoms with Crippen LogP contribution in [-0.4, -0.2) is 27.0 Å². The van der Waals surface area contributed by atoms with E-state index in [0.29, 0.717) is 49.6 Å². The predicted octanol–water partition coefficient (Wildman–Crippen LogP) is 8.55. The Morgan fingerprint density at radius 2 is 1.78 bits per heavy atom. The summed E-state index contributed by atoms with van der Waals surface area (Å²) < 4.78 is 12.4. The molecule has 1 unspecified atom stereocenters. The number of ketones is 1. The summed E-state index contributed by atoms with van der Waals surface area (Å²) in [6, 6.07) is 22.3. The second-order valence-corrected chi connectivity index (χ2v) is 13.3. The Bertz CT molecular complexity index is 1940. The van der Waals surface area contributed by atoms with Crippen LogP contribution in [0, 0.1) is 13.8 Å². The third kappa shape index (κ3) is 6.50. The van der Waals surface area contributed by atoms with Gasteiger partial charge in [0.2, 0.25) is 5.13 Å². The fourth-order valence-electron chi connectivity index (χ4n) is 4.83. The number of rotatable bonds is 9. The van der Waals surface area contributed by atoms with Crippen molar-refractivity contribution in [1.29, 1.82) is 0 Å². The van der Waals surface area contributed by atoms with Gasteiger partial charge in [0.1, 0.15) is 35.7 Å². The van der Waals surface area contributed by atoms with Crippen molar-refractivity contribution in [2.45, 2.75) is 36.6 Å². The molecule has 228 valence electrons. The number of amides is 1. The molecule has 1 N–H and O–H groups in total. The second-order valence-electron chi connectivity index (χ2n) is 10.2. The van der Waals surface area contributed by atoms with Gasteiger partial charge in [-0.05, 0) is 79.1 Å². The number of nitrogens with zero attached hydrogens (tertiary/aromatic N) is 3. The molecule has 3 aromatic carbocycles. The molecular formula is C33H25Cl2N3O5S2. The Balaban J connectivity index is 1.28. The minimum atomic E-state index is -1.05. The van der Waals surface area contributed by atoms with Gasteiger partial charge in [0.15, 0.2) is 4.34 Å². The molecule has 0 bridgehead atoms. The van der Waals surface area contributed by atoms with Crippen LogP contribution in [0.1, 0.15) is 39.8 Å². The van der Waals surface area contributed by atoms with Crippen molar-refractivity contribution in [3.63, 3.8) is 0 Å². The molecule has 1 amide bonds. The number of thioether (sulfide) groups is 1. The number of furan rings is 1. The molecule has 2 aromatic heterocycles. The maximum Gasteiger partial charge on any atom is 0.302 e. The highest BCUT2D eigenvalue weighted by atomic mass is 35.5. The number of aliphatic hydroxyl groups is 1. The second kappa shape index (κ2) is 13.1. The monoisotopic (exact) mass is 677 g/mol. The number of carbonyl (C=O) groups excluding carboxylic acids is 2. The number of aliphatic hydroxyl groups excluding tert-OH is 1.